The molecule has 0 saturated heterocycles. The van der Waals surface area contributed by atoms with Crippen LogP contribution >= 0.6 is 0 Å². The molecule has 0 aromatic heterocycles. The molecule has 166 valence electrons. The molecule has 5 heteroatoms. The monoisotopic (exact) mass is 413 g/mol. The van der Waals surface area contributed by atoms with Crippen LogP contribution in [-0.2, 0) is 4.79 Å². The van der Waals surface area contributed by atoms with E-state index in [0.717, 1.165) is 42.1 Å². The van der Waals surface area contributed by atoms with E-state index < -0.39 is 0 Å². The molecule has 3 amide bonds. The summed E-state index contributed by atoms with van der Waals surface area (Å²) >= 11 is 0. The number of hydrogen-bond donors (Lipinski definition) is 3. The topological polar surface area (TPSA) is 70.2 Å². The van der Waals surface area contributed by atoms with Crippen molar-refractivity contribution >= 4 is 11.9 Å². The molecule has 0 unspecified atom stereocenters. The van der Waals surface area contributed by atoms with Gasteiger partial charge in [-0.05, 0) is 118 Å². The van der Waals surface area contributed by atoms with E-state index in [0.29, 0.717) is 18.4 Å². The normalized spacial score (nSPS) is 47.3. The first-order valence-electron chi connectivity index (χ1n) is 12.8. The van der Waals surface area contributed by atoms with Gasteiger partial charge in [-0.2, -0.15) is 0 Å². The van der Waals surface area contributed by atoms with E-state index in [1.54, 1.807) is 0 Å². The lowest BCUT2D eigenvalue weighted by molar-refractivity contribution is -0.123. The summed E-state index contributed by atoms with van der Waals surface area (Å²) in [6.07, 6.45) is 16.3. The molecule has 8 fully saturated rings. The van der Waals surface area contributed by atoms with Crippen molar-refractivity contribution in [3.05, 3.63) is 0 Å². The molecule has 3 N–H and O–H groups in total. The molecule has 30 heavy (non-hydrogen) atoms. The largest absolute Gasteiger partial charge is 0.355 e. The molecule has 5 nitrogen and oxygen atoms in total. The first-order valence-corrected chi connectivity index (χ1v) is 12.8. The van der Waals surface area contributed by atoms with Gasteiger partial charge in [0.1, 0.15) is 0 Å². The number of urea groups is 1. The van der Waals surface area contributed by atoms with Crippen molar-refractivity contribution in [2.75, 3.05) is 13.1 Å². The van der Waals surface area contributed by atoms with Gasteiger partial charge in [0.2, 0.25) is 5.91 Å². The van der Waals surface area contributed by atoms with Crippen molar-refractivity contribution in [2.45, 2.75) is 89.0 Å². The smallest absolute Gasteiger partial charge is 0.315 e. The second kappa shape index (κ2) is 7.13. The van der Waals surface area contributed by atoms with Gasteiger partial charge in [-0.15, -0.1) is 0 Å². The number of amides is 3. The van der Waals surface area contributed by atoms with Gasteiger partial charge in [-0.1, -0.05) is 0 Å². The lowest BCUT2D eigenvalue weighted by atomic mass is 9.49. The molecule has 8 saturated carbocycles. The number of nitrogens with one attached hydrogen (secondary N) is 3. The highest BCUT2D eigenvalue weighted by Gasteiger charge is 2.52. The van der Waals surface area contributed by atoms with Gasteiger partial charge in [0.15, 0.2) is 0 Å². The summed E-state index contributed by atoms with van der Waals surface area (Å²) in [4.78, 5) is 25.0. The predicted octanol–water partition coefficient (Wildman–Crippen LogP) is 3.98. The van der Waals surface area contributed by atoms with Crippen molar-refractivity contribution in [2.24, 2.45) is 40.9 Å². The zero-order valence-corrected chi connectivity index (χ0v) is 18.4. The summed E-state index contributed by atoms with van der Waals surface area (Å²) in [7, 11) is 0. The fourth-order valence-corrected chi connectivity index (χ4v) is 9.72. The Morgan fingerprint density at radius 3 is 1.63 bits per heavy atom. The van der Waals surface area contributed by atoms with Crippen molar-refractivity contribution in [3.8, 4) is 0 Å². The minimum atomic E-state index is -0.0640. The first kappa shape index (κ1) is 19.4. The molecule has 8 bridgehead atoms. The van der Waals surface area contributed by atoms with Crippen LogP contribution in [0.15, 0.2) is 0 Å². The Hall–Kier alpha value is -1.26. The van der Waals surface area contributed by atoms with E-state index in [1.165, 1.54) is 77.0 Å². The second-order valence-electron chi connectivity index (χ2n) is 12.5. The number of hydrogen-bond acceptors (Lipinski definition) is 2. The average molecular weight is 414 g/mol. The van der Waals surface area contributed by atoms with Gasteiger partial charge in [-0.3, -0.25) is 4.79 Å². The maximum absolute atomic E-state index is 12.5. The number of carbonyl (C=O) groups excluding carboxylic acids is 2. The molecular formula is C25H39N3O2. The molecular weight excluding hydrogens is 374 g/mol. The summed E-state index contributed by atoms with van der Waals surface area (Å²) in [5.74, 6) is 5.33. The zero-order chi connectivity index (χ0) is 20.3. The average Bonchev–Trinajstić information content (AvgIpc) is 2.64. The Balaban J connectivity index is 0.936. The minimum Gasteiger partial charge on any atom is -0.355 e. The molecule has 0 spiro atoms. The van der Waals surface area contributed by atoms with Crippen LogP contribution in [0.3, 0.4) is 0 Å². The third kappa shape index (κ3) is 3.64. The number of carbonyl (C=O) groups is 2. The molecule has 0 radical (unpaired) electrons. The molecule has 8 aliphatic carbocycles. The second-order valence-corrected chi connectivity index (χ2v) is 12.5. The SMILES string of the molecule is O=C(CCNC(=O)NC12CC3CC(CC(C3)C1)C2)NCC12CC3CC(CC(C3)C1)C2. The van der Waals surface area contributed by atoms with Crippen LogP contribution in [-0.4, -0.2) is 30.6 Å². The minimum absolute atomic E-state index is 0.0413. The fraction of sp³-hybridized carbons (Fsp3) is 0.920. The van der Waals surface area contributed by atoms with E-state index in [-0.39, 0.29) is 17.5 Å². The maximum Gasteiger partial charge on any atom is 0.315 e. The molecule has 0 aromatic carbocycles. The van der Waals surface area contributed by atoms with Crippen molar-refractivity contribution in [3.63, 3.8) is 0 Å². The zero-order valence-electron chi connectivity index (χ0n) is 18.4. The van der Waals surface area contributed by atoms with Gasteiger partial charge < -0.3 is 16.0 Å². The summed E-state index contributed by atoms with van der Waals surface area (Å²) in [5, 5.41) is 9.54. The Bertz CT molecular complexity index is 647. The molecule has 0 atom stereocenters. The highest BCUT2D eigenvalue weighted by atomic mass is 16.2. The molecule has 8 aliphatic rings. The van der Waals surface area contributed by atoms with E-state index >= 15 is 0 Å². The third-order valence-electron chi connectivity index (χ3n) is 9.88. The number of rotatable bonds is 6. The van der Waals surface area contributed by atoms with Gasteiger partial charge in [0, 0.05) is 25.0 Å². The summed E-state index contributed by atoms with van der Waals surface area (Å²) < 4.78 is 0. The Morgan fingerprint density at radius 1 is 0.667 bits per heavy atom. The molecule has 8 rings (SSSR count). The van der Waals surface area contributed by atoms with Crippen LogP contribution < -0.4 is 16.0 Å². The van der Waals surface area contributed by atoms with E-state index in [2.05, 4.69) is 16.0 Å². The lowest BCUT2D eigenvalue weighted by Crippen LogP contribution is -2.61. The molecule has 0 heterocycles. The first-order chi connectivity index (χ1) is 14.5. The maximum atomic E-state index is 12.5. The third-order valence-corrected chi connectivity index (χ3v) is 9.88. The Kier molecular flexibility index (Phi) is 4.62. The predicted molar refractivity (Wildman–Crippen MR) is 116 cm³/mol. The highest BCUT2D eigenvalue weighted by Crippen LogP contribution is 2.59. The molecule has 0 aliphatic heterocycles. The van der Waals surface area contributed by atoms with Crippen molar-refractivity contribution in [1.29, 1.82) is 0 Å². The summed E-state index contributed by atoms with van der Waals surface area (Å²) in [6.45, 7) is 1.29. The van der Waals surface area contributed by atoms with Gasteiger partial charge in [-0.25, -0.2) is 4.79 Å². The Labute approximate surface area is 180 Å². The quantitative estimate of drug-likeness (QED) is 0.616. The van der Waals surface area contributed by atoms with Gasteiger partial charge >= 0.3 is 6.03 Å². The summed E-state index contributed by atoms with van der Waals surface area (Å²) in [5.41, 5.74) is 0.424. The van der Waals surface area contributed by atoms with Crippen LogP contribution in [0.5, 0.6) is 0 Å². The van der Waals surface area contributed by atoms with Crippen LogP contribution in [0, 0.1) is 40.9 Å². The van der Waals surface area contributed by atoms with Crippen LogP contribution in [0.2, 0.25) is 0 Å². The van der Waals surface area contributed by atoms with Gasteiger partial charge in [0.05, 0.1) is 0 Å². The van der Waals surface area contributed by atoms with E-state index in [4.69, 9.17) is 0 Å². The van der Waals surface area contributed by atoms with E-state index in [1.807, 2.05) is 0 Å². The Morgan fingerprint density at radius 2 is 1.13 bits per heavy atom. The van der Waals surface area contributed by atoms with Crippen molar-refractivity contribution < 1.29 is 9.59 Å². The highest BCUT2D eigenvalue weighted by molar-refractivity contribution is 5.78. The van der Waals surface area contributed by atoms with Crippen LogP contribution in [0.4, 0.5) is 4.79 Å². The van der Waals surface area contributed by atoms with Crippen molar-refractivity contribution in [1.82, 2.24) is 16.0 Å². The fourth-order valence-electron chi connectivity index (χ4n) is 9.72. The lowest BCUT2D eigenvalue weighted by Gasteiger charge is -2.57. The molecule has 0 aromatic rings. The van der Waals surface area contributed by atoms with Crippen LogP contribution in [0.1, 0.15) is 83.5 Å². The van der Waals surface area contributed by atoms with Gasteiger partial charge in [0.25, 0.3) is 0 Å². The van der Waals surface area contributed by atoms with E-state index in [9.17, 15) is 9.59 Å². The standard InChI is InChI=1S/C25H39N3O2/c29-22(27-15-24-9-16-3-17(10-24)5-18(4-16)11-24)1-2-26-23(30)28-25-12-19-6-20(13-25)8-21(7-19)14-25/h16-21H,1-15H2,(H,27,29)(H2,26,28,30). The summed E-state index contributed by atoms with van der Waals surface area (Å²) in [6, 6.07) is -0.0640. The van der Waals surface area contributed by atoms with Crippen LogP contribution in [0.25, 0.3) is 0 Å².